The Labute approximate surface area is 180 Å². The quantitative estimate of drug-likeness (QED) is 0.316. The third-order valence-electron chi connectivity index (χ3n) is 5.97. The first-order valence-electron chi connectivity index (χ1n) is 9.79. The van der Waals surface area contributed by atoms with Crippen molar-refractivity contribution in [2.24, 2.45) is 16.9 Å². The van der Waals surface area contributed by atoms with Gasteiger partial charge in [0.25, 0.3) is 5.69 Å². The van der Waals surface area contributed by atoms with Gasteiger partial charge in [-0.2, -0.15) is 5.10 Å². The van der Waals surface area contributed by atoms with E-state index in [0.29, 0.717) is 0 Å². The standard InChI is InChI=1S/C22H15FN4O5/c23-13-5-2-6-14(11-13)25-21(29)17-16-8-3-9-24-26(16)19(18(17)22(25)30)20(28)12-4-1-7-15(10-12)27(31)32/h1-11,16-19H. The lowest BCUT2D eigenvalue weighted by molar-refractivity contribution is -0.384. The molecular weight excluding hydrogens is 419 g/mol. The molecular formula is C22H15FN4O5. The molecule has 2 fully saturated rings. The number of hydrazone groups is 1. The molecule has 0 radical (unpaired) electrons. The van der Waals surface area contributed by atoms with Crippen LogP contribution in [0.15, 0.2) is 65.8 Å². The monoisotopic (exact) mass is 434 g/mol. The molecule has 4 atom stereocenters. The van der Waals surface area contributed by atoms with Gasteiger partial charge >= 0.3 is 0 Å². The van der Waals surface area contributed by atoms with Crippen LogP contribution in [-0.4, -0.2) is 45.8 Å². The normalized spacial score (nSPS) is 25.8. The first-order chi connectivity index (χ1) is 15.4. The molecule has 160 valence electrons. The fourth-order valence-electron chi connectivity index (χ4n) is 4.65. The molecule has 2 aromatic rings. The van der Waals surface area contributed by atoms with E-state index in [0.717, 1.165) is 17.0 Å². The SMILES string of the molecule is O=C(c1cccc([N+](=O)[O-])c1)C1C2C(=O)N(c3cccc(F)c3)C(=O)C2C2C=CC=NN21. The molecule has 3 aliphatic heterocycles. The number of carbonyl (C=O) groups excluding carboxylic acids is 3. The van der Waals surface area contributed by atoms with Crippen LogP contribution in [0.3, 0.4) is 0 Å². The topological polar surface area (TPSA) is 113 Å². The lowest BCUT2D eigenvalue weighted by Crippen LogP contribution is -2.46. The Kier molecular flexibility index (Phi) is 4.43. The Morgan fingerprint density at radius 1 is 1.06 bits per heavy atom. The Balaban J connectivity index is 1.58. The van der Waals surface area contributed by atoms with E-state index in [1.165, 1.54) is 47.6 Å². The molecule has 2 saturated heterocycles. The maximum Gasteiger partial charge on any atom is 0.270 e. The highest BCUT2D eigenvalue weighted by atomic mass is 19.1. The summed E-state index contributed by atoms with van der Waals surface area (Å²) in [6.07, 6.45) is 4.76. The number of halogens is 1. The van der Waals surface area contributed by atoms with E-state index in [1.807, 2.05) is 0 Å². The van der Waals surface area contributed by atoms with Crippen molar-refractivity contribution in [3.05, 3.63) is 82.2 Å². The molecule has 3 aliphatic rings. The molecule has 3 heterocycles. The number of imide groups is 1. The molecule has 0 bridgehead atoms. The second kappa shape index (κ2) is 7.19. The molecule has 0 aromatic heterocycles. The lowest BCUT2D eigenvalue weighted by atomic mass is 9.86. The zero-order chi connectivity index (χ0) is 22.6. The average molecular weight is 434 g/mol. The van der Waals surface area contributed by atoms with Crippen molar-refractivity contribution >= 4 is 35.2 Å². The third kappa shape index (κ3) is 2.83. The van der Waals surface area contributed by atoms with Crippen molar-refractivity contribution in [2.75, 3.05) is 4.90 Å². The molecule has 2 aromatic carbocycles. The van der Waals surface area contributed by atoms with E-state index < -0.39 is 52.3 Å². The Morgan fingerprint density at radius 3 is 2.56 bits per heavy atom. The molecule has 0 aliphatic carbocycles. The van der Waals surface area contributed by atoms with E-state index in [9.17, 15) is 28.9 Å². The summed E-state index contributed by atoms with van der Waals surface area (Å²) in [4.78, 5) is 51.6. The van der Waals surface area contributed by atoms with Crippen molar-refractivity contribution in [1.82, 2.24) is 5.01 Å². The van der Waals surface area contributed by atoms with Gasteiger partial charge in [0.15, 0.2) is 5.78 Å². The van der Waals surface area contributed by atoms with Gasteiger partial charge in [-0.3, -0.25) is 29.5 Å². The fraction of sp³-hybridized carbons (Fsp3) is 0.182. The number of fused-ring (bicyclic) bond motifs is 3. The number of benzene rings is 2. The molecule has 0 N–H and O–H groups in total. The summed E-state index contributed by atoms with van der Waals surface area (Å²) < 4.78 is 13.8. The number of amides is 2. The highest BCUT2D eigenvalue weighted by Crippen LogP contribution is 2.46. The largest absolute Gasteiger partial charge is 0.292 e. The number of hydrogen-bond donors (Lipinski definition) is 0. The minimum Gasteiger partial charge on any atom is -0.292 e. The van der Waals surface area contributed by atoms with Crippen LogP contribution in [0.2, 0.25) is 0 Å². The summed E-state index contributed by atoms with van der Waals surface area (Å²) in [5.74, 6) is -4.30. The number of non-ortho nitro benzene ring substituents is 1. The van der Waals surface area contributed by atoms with Gasteiger partial charge in [0.2, 0.25) is 11.8 Å². The maximum absolute atomic E-state index is 13.8. The number of anilines is 1. The van der Waals surface area contributed by atoms with Gasteiger partial charge in [0, 0.05) is 23.9 Å². The van der Waals surface area contributed by atoms with E-state index >= 15 is 0 Å². The highest BCUT2D eigenvalue weighted by Gasteiger charge is 2.64. The van der Waals surface area contributed by atoms with E-state index in [-0.39, 0.29) is 16.9 Å². The molecule has 0 saturated carbocycles. The van der Waals surface area contributed by atoms with Crippen LogP contribution in [0.4, 0.5) is 15.8 Å². The smallest absolute Gasteiger partial charge is 0.270 e. The lowest BCUT2D eigenvalue weighted by Gasteiger charge is -2.30. The molecule has 32 heavy (non-hydrogen) atoms. The number of rotatable bonds is 4. The Bertz CT molecular complexity index is 1240. The van der Waals surface area contributed by atoms with Crippen molar-refractivity contribution in [1.29, 1.82) is 0 Å². The number of allylic oxidation sites excluding steroid dienone is 1. The minimum absolute atomic E-state index is 0.0396. The summed E-state index contributed by atoms with van der Waals surface area (Å²) in [7, 11) is 0. The highest BCUT2D eigenvalue weighted by molar-refractivity contribution is 6.24. The number of nitrogens with zero attached hydrogens (tertiary/aromatic N) is 4. The van der Waals surface area contributed by atoms with Crippen LogP contribution in [0.1, 0.15) is 10.4 Å². The van der Waals surface area contributed by atoms with Crippen LogP contribution >= 0.6 is 0 Å². The van der Waals surface area contributed by atoms with Gasteiger partial charge in [-0.1, -0.05) is 24.3 Å². The van der Waals surface area contributed by atoms with Crippen LogP contribution in [0.5, 0.6) is 0 Å². The van der Waals surface area contributed by atoms with Gasteiger partial charge < -0.3 is 0 Å². The third-order valence-corrected chi connectivity index (χ3v) is 5.97. The summed E-state index contributed by atoms with van der Waals surface area (Å²) in [5, 5.41) is 16.8. The molecule has 4 unspecified atom stereocenters. The van der Waals surface area contributed by atoms with Gasteiger partial charge in [0.1, 0.15) is 11.9 Å². The predicted molar refractivity (Wildman–Crippen MR) is 110 cm³/mol. The van der Waals surface area contributed by atoms with E-state index in [4.69, 9.17) is 0 Å². The zero-order valence-corrected chi connectivity index (χ0v) is 16.4. The van der Waals surface area contributed by atoms with Crippen molar-refractivity contribution in [3.8, 4) is 0 Å². The minimum atomic E-state index is -1.14. The maximum atomic E-state index is 13.8. The molecule has 10 heteroatoms. The summed E-state index contributed by atoms with van der Waals surface area (Å²) in [6, 6.07) is 8.55. The zero-order valence-electron chi connectivity index (χ0n) is 16.4. The summed E-state index contributed by atoms with van der Waals surface area (Å²) in [5.41, 5.74) is -0.136. The summed E-state index contributed by atoms with van der Waals surface area (Å²) >= 11 is 0. The second-order valence-electron chi connectivity index (χ2n) is 7.68. The molecule has 0 spiro atoms. The first kappa shape index (κ1) is 19.7. The number of hydrogen-bond acceptors (Lipinski definition) is 7. The van der Waals surface area contributed by atoms with Crippen LogP contribution in [0, 0.1) is 27.8 Å². The van der Waals surface area contributed by atoms with E-state index in [1.54, 1.807) is 12.2 Å². The van der Waals surface area contributed by atoms with Gasteiger partial charge in [-0.25, -0.2) is 9.29 Å². The van der Waals surface area contributed by atoms with Crippen LogP contribution in [0.25, 0.3) is 0 Å². The van der Waals surface area contributed by atoms with Crippen LogP contribution in [-0.2, 0) is 9.59 Å². The van der Waals surface area contributed by atoms with Crippen molar-refractivity contribution < 1.29 is 23.7 Å². The second-order valence-corrected chi connectivity index (χ2v) is 7.68. The van der Waals surface area contributed by atoms with Gasteiger partial charge in [-0.15, -0.1) is 0 Å². The van der Waals surface area contributed by atoms with E-state index in [2.05, 4.69) is 5.10 Å². The fourth-order valence-corrected chi connectivity index (χ4v) is 4.65. The average Bonchev–Trinajstić information content (AvgIpc) is 3.26. The molecule has 2 amide bonds. The van der Waals surface area contributed by atoms with Gasteiger partial charge in [-0.05, 0) is 24.3 Å². The number of nitro groups is 1. The number of ketones is 1. The van der Waals surface area contributed by atoms with Crippen molar-refractivity contribution in [3.63, 3.8) is 0 Å². The Hall–Kier alpha value is -4.21. The van der Waals surface area contributed by atoms with Crippen LogP contribution < -0.4 is 4.90 Å². The van der Waals surface area contributed by atoms with Gasteiger partial charge in [0.05, 0.1) is 28.5 Å². The van der Waals surface area contributed by atoms with Crippen molar-refractivity contribution in [2.45, 2.75) is 12.1 Å². The molecule has 9 nitrogen and oxygen atoms in total. The number of Topliss-reactive ketones (excluding diaryl/α,β-unsaturated/α-hetero) is 1. The summed E-state index contributed by atoms with van der Waals surface area (Å²) in [6.45, 7) is 0. The number of nitro benzene ring substituents is 1. The predicted octanol–water partition coefficient (Wildman–Crippen LogP) is 2.33. The Morgan fingerprint density at radius 2 is 1.81 bits per heavy atom. The first-order valence-corrected chi connectivity index (χ1v) is 9.79. The molecule has 5 rings (SSSR count). The number of carbonyl (C=O) groups is 3.